The number of hydrogen-bond acceptors (Lipinski definition) is 7. The minimum Gasteiger partial charge on any atom is -0.507 e. The van der Waals surface area contributed by atoms with E-state index >= 15 is 0 Å². The first-order chi connectivity index (χ1) is 13.0. The van der Waals surface area contributed by atoms with Crippen LogP contribution in [0, 0.1) is 0 Å². The van der Waals surface area contributed by atoms with Crippen molar-refractivity contribution in [2.45, 2.75) is 13.0 Å². The SMILES string of the molecule is CC(CO)NCCOc1c(O)cc(O)c2c(=O)cc(-c3ccccc3)oc12. The van der Waals surface area contributed by atoms with Gasteiger partial charge in [-0.15, -0.1) is 0 Å². The average Bonchev–Trinajstić information content (AvgIpc) is 2.66. The summed E-state index contributed by atoms with van der Waals surface area (Å²) >= 11 is 0. The summed E-state index contributed by atoms with van der Waals surface area (Å²) in [6.07, 6.45) is 0. The van der Waals surface area contributed by atoms with Crippen LogP contribution in [0.3, 0.4) is 0 Å². The van der Waals surface area contributed by atoms with Crippen molar-refractivity contribution in [1.82, 2.24) is 5.32 Å². The largest absolute Gasteiger partial charge is 0.507 e. The second kappa shape index (κ2) is 8.11. The number of ether oxygens (including phenoxy) is 1. The van der Waals surface area contributed by atoms with Crippen molar-refractivity contribution in [2.24, 2.45) is 0 Å². The minimum atomic E-state index is -0.440. The lowest BCUT2D eigenvalue weighted by Crippen LogP contribution is -2.32. The second-order valence-corrected chi connectivity index (χ2v) is 6.18. The molecule has 7 nitrogen and oxygen atoms in total. The van der Waals surface area contributed by atoms with Gasteiger partial charge in [-0.05, 0) is 6.92 Å². The summed E-state index contributed by atoms with van der Waals surface area (Å²) in [6, 6.07) is 11.3. The number of rotatable bonds is 7. The zero-order valence-corrected chi connectivity index (χ0v) is 14.8. The minimum absolute atomic E-state index is 0.0112. The molecule has 142 valence electrons. The van der Waals surface area contributed by atoms with E-state index in [4.69, 9.17) is 14.3 Å². The van der Waals surface area contributed by atoms with Crippen molar-refractivity contribution in [1.29, 1.82) is 0 Å². The fraction of sp³-hybridized carbons (Fsp3) is 0.250. The highest BCUT2D eigenvalue weighted by Gasteiger charge is 2.19. The Morgan fingerprint density at radius 3 is 2.59 bits per heavy atom. The van der Waals surface area contributed by atoms with Gasteiger partial charge in [-0.1, -0.05) is 30.3 Å². The van der Waals surface area contributed by atoms with Crippen LogP contribution < -0.4 is 15.5 Å². The molecule has 0 bridgehead atoms. The number of aromatic hydroxyl groups is 2. The number of nitrogens with one attached hydrogen (secondary N) is 1. The van der Waals surface area contributed by atoms with Crippen molar-refractivity contribution < 1.29 is 24.5 Å². The number of aliphatic hydroxyl groups is 1. The van der Waals surface area contributed by atoms with Crippen LogP contribution in [-0.4, -0.2) is 41.1 Å². The van der Waals surface area contributed by atoms with E-state index in [2.05, 4.69) is 5.32 Å². The van der Waals surface area contributed by atoms with E-state index in [0.717, 1.165) is 6.07 Å². The van der Waals surface area contributed by atoms with Crippen LogP contribution >= 0.6 is 0 Å². The van der Waals surface area contributed by atoms with Gasteiger partial charge in [0.05, 0.1) is 6.61 Å². The Morgan fingerprint density at radius 1 is 1.15 bits per heavy atom. The van der Waals surface area contributed by atoms with Crippen LogP contribution in [-0.2, 0) is 0 Å². The highest BCUT2D eigenvalue weighted by atomic mass is 16.5. The Labute approximate surface area is 155 Å². The zero-order chi connectivity index (χ0) is 19.4. The molecule has 1 heterocycles. The normalized spacial score (nSPS) is 12.2. The van der Waals surface area contributed by atoms with Gasteiger partial charge in [0.25, 0.3) is 0 Å². The van der Waals surface area contributed by atoms with Crippen LogP contribution in [0.5, 0.6) is 17.2 Å². The van der Waals surface area contributed by atoms with Crippen LogP contribution in [0.4, 0.5) is 0 Å². The van der Waals surface area contributed by atoms with E-state index in [1.54, 1.807) is 12.1 Å². The molecular weight excluding hydrogens is 350 g/mol. The van der Waals surface area contributed by atoms with E-state index < -0.39 is 5.43 Å². The van der Waals surface area contributed by atoms with Crippen LogP contribution in [0.1, 0.15) is 6.92 Å². The molecule has 0 aliphatic carbocycles. The maximum Gasteiger partial charge on any atom is 0.205 e. The van der Waals surface area contributed by atoms with Gasteiger partial charge < -0.3 is 29.8 Å². The van der Waals surface area contributed by atoms with Gasteiger partial charge in [0, 0.05) is 30.3 Å². The van der Waals surface area contributed by atoms with E-state index in [-0.39, 0.29) is 47.5 Å². The summed E-state index contributed by atoms with van der Waals surface area (Å²) in [5, 5.41) is 32.3. The van der Waals surface area contributed by atoms with Gasteiger partial charge >= 0.3 is 0 Å². The molecule has 0 amide bonds. The van der Waals surface area contributed by atoms with E-state index in [1.807, 2.05) is 25.1 Å². The van der Waals surface area contributed by atoms with E-state index in [9.17, 15) is 15.0 Å². The standard InChI is InChI=1S/C20H21NO6/c1-12(11-22)21-7-8-26-19-16(25)9-14(23)18-15(24)10-17(27-20(18)19)13-5-3-2-4-6-13/h2-6,9-10,12,21-23,25H,7-8,11H2,1H3. The zero-order valence-electron chi connectivity index (χ0n) is 14.8. The molecule has 0 aliphatic rings. The number of phenolic OH excluding ortho intramolecular Hbond substituents is 2. The predicted octanol–water partition coefficient (Wildman–Crippen LogP) is 2.22. The Balaban J connectivity index is 2.01. The molecule has 1 atom stereocenters. The highest BCUT2D eigenvalue weighted by molar-refractivity contribution is 5.91. The first-order valence-electron chi connectivity index (χ1n) is 8.56. The molecule has 0 aliphatic heterocycles. The lowest BCUT2D eigenvalue weighted by atomic mass is 10.1. The van der Waals surface area contributed by atoms with Crippen molar-refractivity contribution in [3.05, 3.63) is 52.7 Å². The number of aliphatic hydroxyl groups excluding tert-OH is 1. The quantitative estimate of drug-likeness (QED) is 0.471. The maximum absolute atomic E-state index is 12.5. The van der Waals surface area contributed by atoms with Gasteiger partial charge in [-0.2, -0.15) is 0 Å². The Hall–Kier alpha value is -3.03. The molecule has 3 aromatic rings. The Bertz CT molecular complexity index is 983. The van der Waals surface area contributed by atoms with Crippen molar-refractivity contribution in [3.63, 3.8) is 0 Å². The van der Waals surface area contributed by atoms with Crippen LogP contribution in [0.25, 0.3) is 22.3 Å². The highest BCUT2D eigenvalue weighted by Crippen LogP contribution is 2.40. The van der Waals surface area contributed by atoms with E-state index in [1.165, 1.54) is 6.07 Å². The molecule has 1 aromatic heterocycles. The molecule has 1 unspecified atom stereocenters. The van der Waals surface area contributed by atoms with Gasteiger partial charge in [0.15, 0.2) is 16.8 Å². The molecule has 3 rings (SSSR count). The summed E-state index contributed by atoms with van der Waals surface area (Å²) in [4.78, 5) is 12.5. The summed E-state index contributed by atoms with van der Waals surface area (Å²) < 4.78 is 11.4. The van der Waals surface area contributed by atoms with Crippen molar-refractivity contribution in [3.8, 4) is 28.6 Å². The summed E-state index contributed by atoms with van der Waals surface area (Å²) in [7, 11) is 0. The number of phenols is 2. The number of fused-ring (bicyclic) bond motifs is 1. The van der Waals surface area contributed by atoms with Gasteiger partial charge in [0.2, 0.25) is 5.75 Å². The smallest absolute Gasteiger partial charge is 0.205 e. The summed E-state index contributed by atoms with van der Waals surface area (Å²) in [5.74, 6) is -0.426. The third kappa shape index (κ3) is 4.05. The third-order valence-corrected chi connectivity index (χ3v) is 4.09. The molecule has 4 N–H and O–H groups in total. The lowest BCUT2D eigenvalue weighted by molar-refractivity contribution is 0.237. The Morgan fingerprint density at radius 2 is 1.89 bits per heavy atom. The van der Waals surface area contributed by atoms with Crippen molar-refractivity contribution >= 4 is 11.0 Å². The van der Waals surface area contributed by atoms with E-state index in [0.29, 0.717) is 17.9 Å². The summed E-state index contributed by atoms with van der Waals surface area (Å²) in [6.45, 7) is 2.38. The molecule has 0 spiro atoms. The first kappa shape index (κ1) is 18.8. The van der Waals surface area contributed by atoms with Crippen LogP contribution in [0.15, 0.2) is 51.7 Å². The molecule has 0 fully saturated rings. The van der Waals surface area contributed by atoms with Crippen LogP contribution in [0.2, 0.25) is 0 Å². The first-order valence-corrected chi connectivity index (χ1v) is 8.56. The Kier molecular flexibility index (Phi) is 5.63. The molecule has 27 heavy (non-hydrogen) atoms. The average molecular weight is 371 g/mol. The lowest BCUT2D eigenvalue weighted by Gasteiger charge is -2.14. The molecule has 0 saturated heterocycles. The molecule has 2 aromatic carbocycles. The number of benzene rings is 2. The topological polar surface area (TPSA) is 112 Å². The fourth-order valence-electron chi connectivity index (χ4n) is 2.69. The molecule has 7 heteroatoms. The predicted molar refractivity (Wildman–Crippen MR) is 101 cm³/mol. The maximum atomic E-state index is 12.5. The number of hydrogen-bond donors (Lipinski definition) is 4. The second-order valence-electron chi connectivity index (χ2n) is 6.18. The molecule has 0 radical (unpaired) electrons. The summed E-state index contributed by atoms with van der Waals surface area (Å²) in [5.41, 5.74) is 0.224. The fourth-order valence-corrected chi connectivity index (χ4v) is 2.69. The third-order valence-electron chi connectivity index (χ3n) is 4.09. The van der Waals surface area contributed by atoms with Crippen molar-refractivity contribution in [2.75, 3.05) is 19.8 Å². The molecular formula is C20H21NO6. The monoisotopic (exact) mass is 371 g/mol. The molecule has 0 saturated carbocycles. The van der Waals surface area contributed by atoms with Gasteiger partial charge in [0.1, 0.15) is 23.5 Å². The van der Waals surface area contributed by atoms with Gasteiger partial charge in [-0.25, -0.2) is 0 Å². The van der Waals surface area contributed by atoms with Gasteiger partial charge in [-0.3, -0.25) is 4.79 Å².